The molecule has 4 nitrogen and oxygen atoms in total. The second kappa shape index (κ2) is 4.59. The number of halogens is 1. The smallest absolute Gasteiger partial charge is 0.285 e. The SMILES string of the molecule is O=C1C=C2C(Br)=CN=C2N(Cc2ccccc2)C1=O. The van der Waals surface area contributed by atoms with E-state index in [0.717, 1.165) is 10.0 Å². The van der Waals surface area contributed by atoms with Crippen molar-refractivity contribution in [2.45, 2.75) is 6.54 Å². The van der Waals surface area contributed by atoms with Crippen LogP contribution in [0.1, 0.15) is 5.56 Å². The van der Waals surface area contributed by atoms with Gasteiger partial charge in [0.05, 0.1) is 6.54 Å². The van der Waals surface area contributed by atoms with Crippen molar-refractivity contribution in [1.29, 1.82) is 0 Å². The van der Waals surface area contributed by atoms with Crippen molar-refractivity contribution in [1.82, 2.24) is 4.90 Å². The molecule has 2 aliphatic heterocycles. The number of hydrogen-bond donors (Lipinski definition) is 0. The van der Waals surface area contributed by atoms with E-state index in [9.17, 15) is 9.59 Å². The van der Waals surface area contributed by atoms with Gasteiger partial charge in [0.15, 0.2) is 0 Å². The van der Waals surface area contributed by atoms with E-state index in [4.69, 9.17) is 0 Å². The van der Waals surface area contributed by atoms with Crippen LogP contribution in [0.2, 0.25) is 0 Å². The van der Waals surface area contributed by atoms with E-state index in [2.05, 4.69) is 20.9 Å². The van der Waals surface area contributed by atoms with Crippen molar-refractivity contribution < 1.29 is 9.59 Å². The number of nitrogens with zero attached hydrogens (tertiary/aromatic N) is 2. The lowest BCUT2D eigenvalue weighted by atomic mass is 10.1. The predicted molar refractivity (Wildman–Crippen MR) is 74.5 cm³/mol. The largest absolute Gasteiger partial charge is 0.300 e. The normalized spacial score (nSPS) is 17.9. The number of aliphatic imine (C=N–C) groups is 1. The van der Waals surface area contributed by atoms with Crippen molar-refractivity contribution >= 4 is 33.5 Å². The first-order valence-electron chi connectivity index (χ1n) is 5.72. The highest BCUT2D eigenvalue weighted by molar-refractivity contribution is 9.12. The third kappa shape index (κ3) is 2.06. The number of amides is 1. The van der Waals surface area contributed by atoms with E-state index in [1.54, 1.807) is 6.20 Å². The van der Waals surface area contributed by atoms with Crippen LogP contribution in [0.25, 0.3) is 0 Å². The topological polar surface area (TPSA) is 49.7 Å². The Morgan fingerprint density at radius 2 is 1.89 bits per heavy atom. The summed E-state index contributed by atoms with van der Waals surface area (Å²) in [6.07, 6.45) is 2.93. The van der Waals surface area contributed by atoms with Gasteiger partial charge in [-0.2, -0.15) is 0 Å². The Labute approximate surface area is 118 Å². The standard InChI is InChI=1S/C14H9BrN2O2/c15-11-7-16-13-10(11)6-12(18)14(19)17(13)8-9-4-2-1-3-5-9/h1-7H,8H2. The fraction of sp³-hybridized carbons (Fsp3) is 0.0714. The van der Waals surface area contributed by atoms with Crippen molar-refractivity contribution in [3.05, 3.63) is 58.2 Å². The number of ketones is 1. The third-order valence-corrected chi connectivity index (χ3v) is 3.60. The molecule has 1 aromatic rings. The van der Waals surface area contributed by atoms with Crippen molar-refractivity contribution in [3.63, 3.8) is 0 Å². The summed E-state index contributed by atoms with van der Waals surface area (Å²) in [4.78, 5) is 29.3. The molecule has 1 aromatic carbocycles. The zero-order valence-electron chi connectivity index (χ0n) is 9.84. The second-order valence-corrected chi connectivity index (χ2v) is 5.08. The van der Waals surface area contributed by atoms with Gasteiger partial charge in [-0.15, -0.1) is 0 Å². The van der Waals surface area contributed by atoms with E-state index >= 15 is 0 Å². The molecule has 94 valence electrons. The first kappa shape index (κ1) is 12.0. The van der Waals surface area contributed by atoms with Gasteiger partial charge in [-0.05, 0) is 21.5 Å². The number of benzene rings is 1. The van der Waals surface area contributed by atoms with E-state index in [-0.39, 0.29) is 0 Å². The molecule has 0 aliphatic carbocycles. The first-order chi connectivity index (χ1) is 9.16. The van der Waals surface area contributed by atoms with Gasteiger partial charge in [-0.1, -0.05) is 30.3 Å². The summed E-state index contributed by atoms with van der Waals surface area (Å²) >= 11 is 3.33. The lowest BCUT2D eigenvalue weighted by Gasteiger charge is -2.25. The molecule has 0 atom stereocenters. The van der Waals surface area contributed by atoms with Crippen LogP contribution in [-0.2, 0) is 16.1 Å². The monoisotopic (exact) mass is 316 g/mol. The molecule has 0 saturated carbocycles. The maximum Gasteiger partial charge on any atom is 0.300 e. The van der Waals surface area contributed by atoms with Gasteiger partial charge in [-0.3, -0.25) is 14.5 Å². The minimum Gasteiger partial charge on any atom is -0.285 e. The van der Waals surface area contributed by atoms with E-state index in [1.165, 1.54) is 11.0 Å². The van der Waals surface area contributed by atoms with Crippen molar-refractivity contribution in [2.75, 3.05) is 0 Å². The molecule has 0 spiro atoms. The van der Waals surface area contributed by atoms with Crippen LogP contribution < -0.4 is 0 Å². The molecular weight excluding hydrogens is 308 g/mol. The van der Waals surface area contributed by atoms with Gasteiger partial charge in [0, 0.05) is 22.3 Å². The molecule has 2 aliphatic rings. The Hall–Kier alpha value is -2.01. The second-order valence-electron chi connectivity index (χ2n) is 4.23. The first-order valence-corrected chi connectivity index (χ1v) is 6.52. The minimum absolute atomic E-state index is 0.343. The lowest BCUT2D eigenvalue weighted by Crippen LogP contribution is -2.43. The van der Waals surface area contributed by atoms with E-state index < -0.39 is 11.7 Å². The highest BCUT2D eigenvalue weighted by atomic mass is 79.9. The molecule has 1 amide bonds. The number of amidine groups is 1. The number of fused-ring (bicyclic) bond motifs is 1. The molecule has 3 rings (SSSR count). The van der Waals surface area contributed by atoms with E-state index in [1.807, 2.05) is 30.3 Å². The number of hydrogen-bond acceptors (Lipinski definition) is 3. The zero-order chi connectivity index (χ0) is 13.4. The Balaban J connectivity index is 1.96. The van der Waals surface area contributed by atoms with Gasteiger partial charge in [0.2, 0.25) is 5.78 Å². The molecule has 0 radical (unpaired) electrons. The third-order valence-electron chi connectivity index (χ3n) is 2.97. The lowest BCUT2D eigenvalue weighted by molar-refractivity contribution is -0.140. The Kier molecular flexibility index (Phi) is 2.91. The van der Waals surface area contributed by atoms with Gasteiger partial charge < -0.3 is 0 Å². The van der Waals surface area contributed by atoms with Gasteiger partial charge >= 0.3 is 0 Å². The number of carbonyl (C=O) groups excluding carboxylic acids is 2. The summed E-state index contributed by atoms with van der Waals surface area (Å²) in [5, 5.41) is 0. The van der Waals surface area contributed by atoms with Crippen LogP contribution in [0.15, 0.2) is 57.7 Å². The fourth-order valence-electron chi connectivity index (χ4n) is 2.05. The summed E-state index contributed by atoms with van der Waals surface area (Å²) in [5.74, 6) is -0.528. The van der Waals surface area contributed by atoms with Crippen molar-refractivity contribution in [3.8, 4) is 0 Å². The van der Waals surface area contributed by atoms with Crippen molar-refractivity contribution in [2.24, 2.45) is 4.99 Å². The Bertz CT molecular complexity index is 659. The van der Waals surface area contributed by atoms with Crippen LogP contribution in [0.3, 0.4) is 0 Å². The summed E-state index contributed by atoms with van der Waals surface area (Å²) in [6.45, 7) is 0.343. The van der Waals surface area contributed by atoms with Crippen LogP contribution in [0.5, 0.6) is 0 Å². The zero-order valence-corrected chi connectivity index (χ0v) is 11.4. The highest BCUT2D eigenvalue weighted by Crippen LogP contribution is 2.29. The van der Waals surface area contributed by atoms with Crippen LogP contribution in [0.4, 0.5) is 0 Å². The minimum atomic E-state index is -0.540. The summed E-state index contributed by atoms with van der Waals surface area (Å²) in [6, 6.07) is 9.52. The van der Waals surface area contributed by atoms with Crippen LogP contribution >= 0.6 is 15.9 Å². The summed E-state index contributed by atoms with van der Waals surface area (Å²) < 4.78 is 0.724. The average Bonchev–Trinajstić information content (AvgIpc) is 2.78. The molecule has 0 bridgehead atoms. The maximum atomic E-state index is 12.0. The maximum absolute atomic E-state index is 12.0. The van der Waals surface area contributed by atoms with Gasteiger partial charge in [0.25, 0.3) is 5.91 Å². The van der Waals surface area contributed by atoms with E-state index in [0.29, 0.717) is 18.0 Å². The number of rotatable bonds is 2. The Morgan fingerprint density at radius 3 is 2.63 bits per heavy atom. The molecule has 0 fully saturated rings. The quantitative estimate of drug-likeness (QED) is 0.785. The summed E-state index contributed by atoms with van der Waals surface area (Å²) in [5.41, 5.74) is 1.62. The number of carbonyl (C=O) groups is 2. The summed E-state index contributed by atoms with van der Waals surface area (Å²) in [7, 11) is 0. The predicted octanol–water partition coefficient (Wildman–Crippen LogP) is 2.17. The van der Waals surface area contributed by atoms with Gasteiger partial charge in [0.1, 0.15) is 5.84 Å². The average molecular weight is 317 g/mol. The van der Waals surface area contributed by atoms with Crippen LogP contribution in [0, 0.1) is 0 Å². The van der Waals surface area contributed by atoms with Gasteiger partial charge in [-0.25, -0.2) is 4.99 Å². The molecule has 0 unspecified atom stereocenters. The molecule has 0 saturated heterocycles. The Morgan fingerprint density at radius 1 is 1.16 bits per heavy atom. The molecule has 5 heteroatoms. The molecule has 19 heavy (non-hydrogen) atoms. The molecular formula is C14H9BrN2O2. The van der Waals surface area contributed by atoms with Crippen LogP contribution in [-0.4, -0.2) is 22.4 Å². The highest BCUT2D eigenvalue weighted by Gasteiger charge is 2.35. The molecule has 0 N–H and O–H groups in total. The fourth-order valence-corrected chi connectivity index (χ4v) is 2.44. The molecule has 0 aromatic heterocycles. The molecule has 2 heterocycles.